The standard InChI is InChI=1S/C22H15F6N3O/c1-2-13-22(30-14-6-3-9-7-10(23)4-5-11(9)21(14)29-13)31-15(32)8-12-16(24)18(26)20(28)19(27)17(12)25/h4-5,7H,2-3,6,8H2,1H3,(H,30,31,32). The van der Waals surface area contributed by atoms with E-state index in [0.717, 1.165) is 5.56 Å². The molecule has 1 aliphatic carbocycles. The van der Waals surface area contributed by atoms with Gasteiger partial charge in [-0.3, -0.25) is 4.79 Å². The molecule has 0 saturated heterocycles. The molecule has 1 heterocycles. The average Bonchev–Trinajstić information content (AvgIpc) is 2.78. The van der Waals surface area contributed by atoms with Gasteiger partial charge in [0.15, 0.2) is 29.1 Å². The molecule has 10 heteroatoms. The van der Waals surface area contributed by atoms with Gasteiger partial charge in [-0.1, -0.05) is 6.92 Å². The van der Waals surface area contributed by atoms with Crippen LogP contribution in [0.4, 0.5) is 32.2 Å². The fourth-order valence-electron chi connectivity index (χ4n) is 3.64. The van der Waals surface area contributed by atoms with Gasteiger partial charge in [0.25, 0.3) is 0 Å². The summed E-state index contributed by atoms with van der Waals surface area (Å²) in [6, 6.07) is 4.32. The Hall–Kier alpha value is -3.43. The molecule has 0 unspecified atom stereocenters. The Morgan fingerprint density at radius 1 is 0.938 bits per heavy atom. The molecule has 1 aromatic heterocycles. The zero-order valence-electron chi connectivity index (χ0n) is 16.6. The van der Waals surface area contributed by atoms with E-state index in [2.05, 4.69) is 15.3 Å². The van der Waals surface area contributed by atoms with Gasteiger partial charge in [0.2, 0.25) is 11.7 Å². The summed E-state index contributed by atoms with van der Waals surface area (Å²) in [5.41, 5.74) is 1.69. The summed E-state index contributed by atoms with van der Waals surface area (Å²) in [5, 5.41) is 2.36. The van der Waals surface area contributed by atoms with Gasteiger partial charge in [0, 0.05) is 11.1 Å². The highest BCUT2D eigenvalue weighted by atomic mass is 19.2. The molecule has 3 aromatic rings. The van der Waals surface area contributed by atoms with Crippen molar-refractivity contribution in [3.63, 3.8) is 0 Å². The Kier molecular flexibility index (Phi) is 5.62. The molecule has 1 aliphatic rings. The molecule has 1 amide bonds. The van der Waals surface area contributed by atoms with Gasteiger partial charge < -0.3 is 5.32 Å². The van der Waals surface area contributed by atoms with Crippen LogP contribution in [0.25, 0.3) is 11.3 Å². The van der Waals surface area contributed by atoms with E-state index in [1.807, 2.05) is 0 Å². The van der Waals surface area contributed by atoms with Crippen molar-refractivity contribution in [3.8, 4) is 11.3 Å². The van der Waals surface area contributed by atoms with Crippen molar-refractivity contribution in [1.82, 2.24) is 9.97 Å². The third-order valence-corrected chi connectivity index (χ3v) is 5.22. The normalized spacial score (nSPS) is 12.3. The number of halogens is 6. The predicted octanol–water partition coefficient (Wildman–Crippen LogP) is 4.82. The summed E-state index contributed by atoms with van der Waals surface area (Å²) in [6.45, 7) is 1.74. The summed E-state index contributed by atoms with van der Waals surface area (Å²) in [4.78, 5) is 21.3. The van der Waals surface area contributed by atoms with Gasteiger partial charge in [-0.25, -0.2) is 36.3 Å². The molecular weight excluding hydrogens is 436 g/mol. The van der Waals surface area contributed by atoms with Gasteiger partial charge in [-0.15, -0.1) is 0 Å². The minimum absolute atomic E-state index is 0.0330. The van der Waals surface area contributed by atoms with Crippen LogP contribution in [-0.4, -0.2) is 15.9 Å². The molecule has 1 N–H and O–H groups in total. The number of hydrogen-bond acceptors (Lipinski definition) is 3. The van der Waals surface area contributed by atoms with E-state index in [1.165, 1.54) is 12.1 Å². The van der Waals surface area contributed by atoms with Crippen LogP contribution in [0.3, 0.4) is 0 Å². The Balaban J connectivity index is 1.65. The number of carbonyl (C=O) groups excluding carboxylic acids is 1. The Labute approximate surface area is 178 Å². The van der Waals surface area contributed by atoms with Gasteiger partial charge in [-0.05, 0) is 43.0 Å². The predicted molar refractivity (Wildman–Crippen MR) is 103 cm³/mol. The topological polar surface area (TPSA) is 54.9 Å². The molecular formula is C22H15F6N3O. The zero-order valence-corrected chi connectivity index (χ0v) is 16.6. The molecule has 0 aliphatic heterocycles. The molecule has 0 bridgehead atoms. The van der Waals surface area contributed by atoms with Crippen molar-refractivity contribution < 1.29 is 31.1 Å². The number of nitrogens with one attached hydrogen (secondary N) is 1. The lowest BCUT2D eigenvalue weighted by Crippen LogP contribution is -2.21. The molecule has 2 aromatic carbocycles. The van der Waals surface area contributed by atoms with Crippen LogP contribution >= 0.6 is 0 Å². The molecule has 0 spiro atoms. The number of aromatic nitrogens is 2. The molecule has 0 fully saturated rings. The second-order valence-electron chi connectivity index (χ2n) is 7.24. The molecule has 0 radical (unpaired) electrons. The van der Waals surface area contributed by atoms with Crippen molar-refractivity contribution >= 4 is 11.7 Å². The summed E-state index contributed by atoms with van der Waals surface area (Å²) >= 11 is 0. The largest absolute Gasteiger partial charge is 0.309 e. The molecule has 4 nitrogen and oxygen atoms in total. The van der Waals surface area contributed by atoms with Gasteiger partial charge in [-0.2, -0.15) is 0 Å². The number of anilines is 1. The van der Waals surface area contributed by atoms with E-state index in [-0.39, 0.29) is 11.6 Å². The third-order valence-electron chi connectivity index (χ3n) is 5.22. The maximum Gasteiger partial charge on any atom is 0.230 e. The van der Waals surface area contributed by atoms with Gasteiger partial charge in [0.05, 0.1) is 23.5 Å². The van der Waals surface area contributed by atoms with E-state index in [1.54, 1.807) is 13.0 Å². The quantitative estimate of drug-likeness (QED) is 0.352. The number of benzene rings is 2. The first-order chi connectivity index (χ1) is 15.2. The zero-order chi connectivity index (χ0) is 23.2. The lowest BCUT2D eigenvalue weighted by Gasteiger charge is -2.20. The lowest BCUT2D eigenvalue weighted by molar-refractivity contribution is -0.115. The number of rotatable bonds is 4. The van der Waals surface area contributed by atoms with Crippen molar-refractivity contribution in [2.75, 3.05) is 5.32 Å². The van der Waals surface area contributed by atoms with Crippen molar-refractivity contribution in [3.05, 3.63) is 75.6 Å². The average molecular weight is 451 g/mol. The van der Waals surface area contributed by atoms with E-state index >= 15 is 0 Å². The maximum atomic E-state index is 13.9. The van der Waals surface area contributed by atoms with E-state index in [0.29, 0.717) is 41.9 Å². The summed E-state index contributed by atoms with van der Waals surface area (Å²) < 4.78 is 81.3. The Bertz CT molecular complexity index is 1230. The maximum absolute atomic E-state index is 13.9. The van der Waals surface area contributed by atoms with Crippen LogP contribution in [0.5, 0.6) is 0 Å². The van der Waals surface area contributed by atoms with Crippen LogP contribution in [0, 0.1) is 34.9 Å². The number of hydrogen-bond donors (Lipinski definition) is 1. The third kappa shape index (κ3) is 3.69. The SMILES string of the molecule is CCc1nc2c(nc1NC(=O)Cc1c(F)c(F)c(F)c(F)c1F)CCc1cc(F)ccc1-2. The molecule has 0 atom stereocenters. The first-order valence-electron chi connectivity index (χ1n) is 9.70. The van der Waals surface area contributed by atoms with Gasteiger partial charge >= 0.3 is 0 Å². The first kappa shape index (κ1) is 21.8. The monoisotopic (exact) mass is 451 g/mol. The second kappa shape index (κ2) is 8.25. The van der Waals surface area contributed by atoms with E-state index in [9.17, 15) is 31.1 Å². The minimum Gasteiger partial charge on any atom is -0.309 e. The van der Waals surface area contributed by atoms with Crippen LogP contribution in [0.15, 0.2) is 18.2 Å². The fourth-order valence-corrected chi connectivity index (χ4v) is 3.64. The number of amides is 1. The smallest absolute Gasteiger partial charge is 0.230 e. The molecule has 0 saturated carbocycles. The highest BCUT2D eigenvalue weighted by Gasteiger charge is 2.28. The summed E-state index contributed by atoms with van der Waals surface area (Å²) in [7, 11) is 0. The van der Waals surface area contributed by atoms with Crippen LogP contribution in [0.1, 0.15) is 29.4 Å². The molecule has 32 heavy (non-hydrogen) atoms. The van der Waals surface area contributed by atoms with Crippen LogP contribution in [-0.2, 0) is 30.5 Å². The number of carbonyl (C=O) groups is 1. The minimum atomic E-state index is -2.29. The lowest BCUT2D eigenvalue weighted by atomic mass is 9.91. The summed E-state index contributed by atoms with van der Waals surface area (Å²) in [6.07, 6.45) is 0.159. The van der Waals surface area contributed by atoms with Crippen molar-refractivity contribution in [1.29, 1.82) is 0 Å². The fraction of sp³-hybridized carbons (Fsp3) is 0.227. The van der Waals surface area contributed by atoms with Crippen molar-refractivity contribution in [2.24, 2.45) is 0 Å². The first-order valence-corrected chi connectivity index (χ1v) is 9.70. The molecule has 166 valence electrons. The number of aryl methyl sites for hydroxylation is 3. The van der Waals surface area contributed by atoms with E-state index < -0.39 is 47.0 Å². The Morgan fingerprint density at radius 3 is 2.25 bits per heavy atom. The summed E-state index contributed by atoms with van der Waals surface area (Å²) in [5.74, 6) is -12.0. The highest BCUT2D eigenvalue weighted by molar-refractivity contribution is 5.92. The van der Waals surface area contributed by atoms with Crippen LogP contribution in [0.2, 0.25) is 0 Å². The van der Waals surface area contributed by atoms with E-state index in [4.69, 9.17) is 0 Å². The molecule has 4 rings (SSSR count). The van der Waals surface area contributed by atoms with Gasteiger partial charge in [0.1, 0.15) is 5.82 Å². The number of nitrogens with zero attached hydrogens (tertiary/aromatic N) is 2. The van der Waals surface area contributed by atoms with Crippen molar-refractivity contribution in [2.45, 2.75) is 32.6 Å². The Morgan fingerprint density at radius 2 is 1.59 bits per heavy atom. The van der Waals surface area contributed by atoms with Crippen LogP contribution < -0.4 is 5.32 Å². The highest BCUT2D eigenvalue weighted by Crippen LogP contribution is 2.33. The number of fused-ring (bicyclic) bond motifs is 3. The second-order valence-corrected chi connectivity index (χ2v) is 7.24.